The first-order valence-electron chi connectivity index (χ1n) is 7.21. The molecule has 108 valence electrons. The number of ether oxygens (including phenoxy) is 1. The molecular formula is C15H21N3O2. The maximum absolute atomic E-state index is 12.3. The molecule has 5 heteroatoms. The monoisotopic (exact) mass is 275 g/mol. The highest BCUT2D eigenvalue weighted by atomic mass is 16.5. The fraction of sp³-hybridized carbons (Fsp3) is 0.600. The van der Waals surface area contributed by atoms with Crippen molar-refractivity contribution in [3.05, 3.63) is 30.1 Å². The van der Waals surface area contributed by atoms with E-state index in [1.54, 1.807) is 13.3 Å². The summed E-state index contributed by atoms with van der Waals surface area (Å²) in [5.41, 5.74) is 1.11. The van der Waals surface area contributed by atoms with E-state index in [4.69, 9.17) is 4.74 Å². The third-order valence-electron chi connectivity index (χ3n) is 4.39. The Bertz CT molecular complexity index is 465. The smallest absolute Gasteiger partial charge is 0.224 e. The zero-order valence-corrected chi connectivity index (χ0v) is 11.9. The molecule has 1 aromatic heterocycles. The summed E-state index contributed by atoms with van der Waals surface area (Å²) >= 11 is 0. The van der Waals surface area contributed by atoms with Gasteiger partial charge in [0, 0.05) is 57.6 Å². The number of aromatic nitrogens is 1. The number of carbonyl (C=O) groups excluding carboxylic acids is 1. The average Bonchev–Trinajstić information content (AvgIpc) is 2.99. The van der Waals surface area contributed by atoms with Gasteiger partial charge >= 0.3 is 0 Å². The number of pyridine rings is 1. The first kappa shape index (κ1) is 13.5. The van der Waals surface area contributed by atoms with Gasteiger partial charge in [0.25, 0.3) is 0 Å². The van der Waals surface area contributed by atoms with Crippen LogP contribution in [0.5, 0.6) is 0 Å². The van der Waals surface area contributed by atoms with Gasteiger partial charge in [0.05, 0.1) is 6.61 Å². The number of nitrogens with zero attached hydrogens (tertiary/aromatic N) is 3. The van der Waals surface area contributed by atoms with Gasteiger partial charge < -0.3 is 9.64 Å². The lowest BCUT2D eigenvalue weighted by Crippen LogP contribution is -2.38. The average molecular weight is 275 g/mol. The maximum atomic E-state index is 12.3. The lowest BCUT2D eigenvalue weighted by Gasteiger charge is -2.25. The minimum Gasteiger partial charge on any atom is -0.383 e. The van der Waals surface area contributed by atoms with E-state index in [1.807, 2.05) is 23.2 Å². The van der Waals surface area contributed by atoms with Crippen molar-refractivity contribution in [2.75, 3.05) is 26.8 Å². The molecule has 3 rings (SSSR count). The number of likely N-dealkylation sites (tertiary alicyclic amines) is 2. The lowest BCUT2D eigenvalue weighted by molar-refractivity contribution is -0.129. The Morgan fingerprint density at radius 1 is 1.45 bits per heavy atom. The van der Waals surface area contributed by atoms with Crippen LogP contribution in [0.4, 0.5) is 0 Å². The first-order valence-corrected chi connectivity index (χ1v) is 7.21. The van der Waals surface area contributed by atoms with Crippen molar-refractivity contribution in [2.45, 2.75) is 31.5 Å². The summed E-state index contributed by atoms with van der Waals surface area (Å²) in [4.78, 5) is 20.8. The predicted molar refractivity (Wildman–Crippen MR) is 75.0 cm³/mol. The molecule has 0 spiro atoms. The Morgan fingerprint density at radius 2 is 2.35 bits per heavy atom. The summed E-state index contributed by atoms with van der Waals surface area (Å²) in [5.74, 6) is 0.269. The zero-order chi connectivity index (χ0) is 13.9. The largest absolute Gasteiger partial charge is 0.383 e. The number of hydrogen-bond acceptors (Lipinski definition) is 4. The molecule has 0 radical (unpaired) electrons. The van der Waals surface area contributed by atoms with Gasteiger partial charge in [-0.2, -0.15) is 0 Å². The third kappa shape index (κ3) is 2.55. The summed E-state index contributed by atoms with van der Waals surface area (Å²) in [6, 6.07) is 4.69. The van der Waals surface area contributed by atoms with Gasteiger partial charge in [0.1, 0.15) is 0 Å². The molecule has 2 atom stereocenters. The van der Waals surface area contributed by atoms with Gasteiger partial charge in [0.15, 0.2) is 0 Å². The number of hydrogen-bond donors (Lipinski definition) is 0. The molecule has 5 nitrogen and oxygen atoms in total. The molecule has 2 saturated heterocycles. The first-order chi connectivity index (χ1) is 9.79. The SMILES string of the molecule is COCCN1CC[C@@H]2[C@@H]1CC(=O)N2Cc1cccnc1. The summed E-state index contributed by atoms with van der Waals surface area (Å²) in [6.07, 6.45) is 5.33. The second-order valence-electron chi connectivity index (χ2n) is 5.54. The zero-order valence-electron chi connectivity index (χ0n) is 11.9. The van der Waals surface area contributed by atoms with Crippen LogP contribution >= 0.6 is 0 Å². The number of rotatable bonds is 5. The molecule has 1 amide bonds. The Labute approximate surface area is 119 Å². The number of methoxy groups -OCH3 is 1. The Hall–Kier alpha value is -1.46. The second kappa shape index (κ2) is 5.89. The number of carbonyl (C=O) groups is 1. The van der Waals surface area contributed by atoms with Gasteiger partial charge in [-0.3, -0.25) is 14.7 Å². The summed E-state index contributed by atoms with van der Waals surface area (Å²) in [5, 5.41) is 0. The highest BCUT2D eigenvalue weighted by Crippen LogP contribution is 2.33. The van der Waals surface area contributed by atoms with Crippen molar-refractivity contribution in [3.63, 3.8) is 0 Å². The minimum absolute atomic E-state index is 0.269. The van der Waals surface area contributed by atoms with E-state index in [0.29, 0.717) is 25.0 Å². The topological polar surface area (TPSA) is 45.7 Å². The highest BCUT2D eigenvalue weighted by Gasteiger charge is 2.46. The summed E-state index contributed by atoms with van der Waals surface area (Å²) in [7, 11) is 1.72. The van der Waals surface area contributed by atoms with Crippen LogP contribution in [0.15, 0.2) is 24.5 Å². The number of fused-ring (bicyclic) bond motifs is 1. The van der Waals surface area contributed by atoms with Crippen molar-refractivity contribution in [1.82, 2.24) is 14.8 Å². The molecule has 3 heterocycles. The Kier molecular flexibility index (Phi) is 3.98. The molecule has 20 heavy (non-hydrogen) atoms. The van der Waals surface area contributed by atoms with Crippen LogP contribution < -0.4 is 0 Å². The van der Waals surface area contributed by atoms with Crippen molar-refractivity contribution < 1.29 is 9.53 Å². The number of amides is 1. The van der Waals surface area contributed by atoms with E-state index in [9.17, 15) is 4.79 Å². The van der Waals surface area contributed by atoms with Gasteiger partial charge in [-0.1, -0.05) is 6.07 Å². The fourth-order valence-electron chi connectivity index (χ4n) is 3.39. The quantitative estimate of drug-likeness (QED) is 0.801. The summed E-state index contributed by atoms with van der Waals surface area (Å²) in [6.45, 7) is 3.41. The van der Waals surface area contributed by atoms with Gasteiger partial charge in [0.2, 0.25) is 5.91 Å². The van der Waals surface area contributed by atoms with Crippen molar-refractivity contribution >= 4 is 5.91 Å². The van der Waals surface area contributed by atoms with Crippen LogP contribution in [0, 0.1) is 0 Å². The highest BCUT2D eigenvalue weighted by molar-refractivity contribution is 5.80. The molecule has 2 aliphatic rings. The predicted octanol–water partition coefficient (Wildman–Crippen LogP) is 0.903. The molecule has 0 N–H and O–H groups in total. The molecule has 0 unspecified atom stereocenters. The van der Waals surface area contributed by atoms with Crippen LogP contribution in [-0.2, 0) is 16.1 Å². The molecule has 0 aromatic carbocycles. The van der Waals surface area contributed by atoms with Crippen LogP contribution in [0.1, 0.15) is 18.4 Å². The lowest BCUT2D eigenvalue weighted by atomic mass is 10.1. The van der Waals surface area contributed by atoms with Crippen LogP contribution in [0.25, 0.3) is 0 Å². The maximum Gasteiger partial charge on any atom is 0.224 e. The molecule has 0 bridgehead atoms. The van der Waals surface area contributed by atoms with E-state index < -0.39 is 0 Å². The van der Waals surface area contributed by atoms with Crippen molar-refractivity contribution in [3.8, 4) is 0 Å². The Balaban J connectivity index is 1.67. The van der Waals surface area contributed by atoms with E-state index in [2.05, 4.69) is 9.88 Å². The standard InChI is InChI=1S/C15H21N3O2/c1-20-8-7-17-6-4-13-14(17)9-15(19)18(13)11-12-3-2-5-16-10-12/h2-3,5,10,13-14H,4,6-9,11H2,1H3/t13-,14+/m1/s1. The molecule has 0 saturated carbocycles. The van der Waals surface area contributed by atoms with Gasteiger partial charge in [-0.05, 0) is 18.1 Å². The van der Waals surface area contributed by atoms with Crippen LogP contribution in [0.3, 0.4) is 0 Å². The normalized spacial score (nSPS) is 26.2. The molecule has 1 aromatic rings. The van der Waals surface area contributed by atoms with Crippen molar-refractivity contribution in [1.29, 1.82) is 0 Å². The third-order valence-corrected chi connectivity index (χ3v) is 4.39. The van der Waals surface area contributed by atoms with E-state index >= 15 is 0 Å². The summed E-state index contributed by atoms with van der Waals surface area (Å²) < 4.78 is 5.15. The van der Waals surface area contributed by atoms with Crippen LogP contribution in [0.2, 0.25) is 0 Å². The Morgan fingerprint density at radius 3 is 3.10 bits per heavy atom. The van der Waals surface area contributed by atoms with E-state index in [1.165, 1.54) is 0 Å². The van der Waals surface area contributed by atoms with E-state index in [0.717, 1.165) is 31.7 Å². The molecular weight excluding hydrogens is 254 g/mol. The van der Waals surface area contributed by atoms with Gasteiger partial charge in [-0.25, -0.2) is 0 Å². The minimum atomic E-state index is 0.269. The second-order valence-corrected chi connectivity index (χ2v) is 5.54. The molecule has 2 aliphatic heterocycles. The van der Waals surface area contributed by atoms with E-state index in [-0.39, 0.29) is 5.91 Å². The molecule has 2 fully saturated rings. The van der Waals surface area contributed by atoms with Gasteiger partial charge in [-0.15, -0.1) is 0 Å². The fourth-order valence-corrected chi connectivity index (χ4v) is 3.39. The van der Waals surface area contributed by atoms with Crippen LogP contribution in [-0.4, -0.2) is 59.6 Å². The van der Waals surface area contributed by atoms with Crippen molar-refractivity contribution in [2.24, 2.45) is 0 Å². The molecule has 0 aliphatic carbocycles.